The highest BCUT2D eigenvalue weighted by atomic mass is 32.2. The molecule has 0 aliphatic carbocycles. The van der Waals surface area contributed by atoms with Gasteiger partial charge in [-0.05, 0) is 29.5 Å². The molecule has 0 spiro atoms. The lowest BCUT2D eigenvalue weighted by Gasteiger charge is -2.06. The second-order valence-corrected chi connectivity index (χ2v) is 5.89. The molecule has 11 heteroatoms. The number of tetrazole rings is 1. The Bertz CT molecular complexity index is 920. The molecule has 0 aliphatic heterocycles. The van der Waals surface area contributed by atoms with Crippen molar-refractivity contribution >= 4 is 34.8 Å². The van der Waals surface area contributed by atoms with Crippen molar-refractivity contribution in [2.75, 3.05) is 17.7 Å². The van der Waals surface area contributed by atoms with Crippen LogP contribution in [0.3, 0.4) is 0 Å². The lowest BCUT2D eigenvalue weighted by Crippen LogP contribution is -2.14. The number of anilines is 1. The number of nitrogens with one attached hydrogen (secondary N) is 1. The third-order valence-corrected chi connectivity index (χ3v) is 4.22. The van der Waals surface area contributed by atoms with Gasteiger partial charge in [-0.1, -0.05) is 11.8 Å². The van der Waals surface area contributed by atoms with Crippen LogP contribution in [-0.2, 0) is 16.6 Å². The van der Waals surface area contributed by atoms with Gasteiger partial charge < -0.3 is 10.1 Å². The lowest BCUT2D eigenvalue weighted by atomic mass is 10.2. The predicted octanol–water partition coefficient (Wildman–Crippen LogP) is 0.765. The SMILES string of the molecule is CCOC(=O)c1cnn2ccc(NC(=O)CSc3nnnn3C)cc12. The lowest BCUT2D eigenvalue weighted by molar-refractivity contribution is -0.113. The zero-order chi connectivity index (χ0) is 17.8. The molecule has 0 saturated carbocycles. The highest BCUT2D eigenvalue weighted by molar-refractivity contribution is 7.99. The molecule has 10 nitrogen and oxygen atoms in total. The maximum absolute atomic E-state index is 12.1. The average molecular weight is 361 g/mol. The van der Waals surface area contributed by atoms with Crippen LogP contribution < -0.4 is 5.32 Å². The highest BCUT2D eigenvalue weighted by Crippen LogP contribution is 2.18. The molecular weight excluding hydrogens is 346 g/mol. The number of esters is 1. The van der Waals surface area contributed by atoms with E-state index in [1.807, 2.05) is 0 Å². The summed E-state index contributed by atoms with van der Waals surface area (Å²) >= 11 is 1.22. The van der Waals surface area contributed by atoms with Gasteiger partial charge in [-0.2, -0.15) is 5.10 Å². The van der Waals surface area contributed by atoms with E-state index in [0.29, 0.717) is 21.9 Å². The number of ether oxygens (including phenoxy) is 1. The van der Waals surface area contributed by atoms with E-state index < -0.39 is 5.97 Å². The topological polar surface area (TPSA) is 116 Å². The fourth-order valence-electron chi connectivity index (χ4n) is 2.10. The normalized spacial score (nSPS) is 10.8. The Labute approximate surface area is 146 Å². The number of carbonyl (C=O) groups excluding carboxylic acids is 2. The second-order valence-electron chi connectivity index (χ2n) is 4.95. The predicted molar refractivity (Wildman–Crippen MR) is 89.3 cm³/mol. The molecule has 0 unspecified atom stereocenters. The smallest absolute Gasteiger partial charge is 0.341 e. The van der Waals surface area contributed by atoms with Gasteiger partial charge >= 0.3 is 5.97 Å². The van der Waals surface area contributed by atoms with E-state index >= 15 is 0 Å². The Hall–Kier alpha value is -2.95. The van der Waals surface area contributed by atoms with Crippen LogP contribution in [0.4, 0.5) is 5.69 Å². The Morgan fingerprint density at radius 1 is 1.40 bits per heavy atom. The van der Waals surface area contributed by atoms with Gasteiger partial charge in [0.25, 0.3) is 0 Å². The first-order chi connectivity index (χ1) is 12.1. The molecule has 0 aliphatic rings. The Kier molecular flexibility index (Phi) is 4.93. The molecule has 1 amide bonds. The van der Waals surface area contributed by atoms with Crippen molar-refractivity contribution in [2.24, 2.45) is 7.05 Å². The van der Waals surface area contributed by atoms with E-state index in [2.05, 4.69) is 25.9 Å². The number of hydrogen-bond donors (Lipinski definition) is 1. The maximum atomic E-state index is 12.1. The minimum absolute atomic E-state index is 0.156. The Morgan fingerprint density at radius 2 is 2.24 bits per heavy atom. The number of pyridine rings is 1. The molecular formula is C14H15N7O3S. The van der Waals surface area contributed by atoms with E-state index in [9.17, 15) is 9.59 Å². The van der Waals surface area contributed by atoms with Crippen molar-refractivity contribution < 1.29 is 14.3 Å². The summed E-state index contributed by atoms with van der Waals surface area (Å²) in [6.45, 7) is 2.01. The van der Waals surface area contributed by atoms with Crippen LogP contribution in [0.2, 0.25) is 0 Å². The number of nitrogens with zero attached hydrogens (tertiary/aromatic N) is 6. The number of aryl methyl sites for hydroxylation is 1. The quantitative estimate of drug-likeness (QED) is 0.505. The summed E-state index contributed by atoms with van der Waals surface area (Å²) in [6.07, 6.45) is 3.10. The molecule has 3 aromatic rings. The van der Waals surface area contributed by atoms with E-state index in [0.717, 1.165) is 0 Å². The van der Waals surface area contributed by atoms with E-state index in [-0.39, 0.29) is 18.3 Å². The van der Waals surface area contributed by atoms with Gasteiger partial charge in [-0.3, -0.25) is 4.79 Å². The van der Waals surface area contributed by atoms with Gasteiger partial charge in [0.15, 0.2) is 0 Å². The minimum atomic E-state index is -0.452. The number of fused-ring (bicyclic) bond motifs is 1. The summed E-state index contributed by atoms with van der Waals surface area (Å²) in [5.74, 6) is -0.510. The van der Waals surface area contributed by atoms with E-state index in [4.69, 9.17) is 4.74 Å². The zero-order valence-corrected chi connectivity index (χ0v) is 14.4. The fraction of sp³-hybridized carbons (Fsp3) is 0.286. The van der Waals surface area contributed by atoms with Crippen LogP contribution in [0.15, 0.2) is 29.7 Å². The first-order valence-corrected chi connectivity index (χ1v) is 8.36. The number of carbonyl (C=O) groups is 2. The summed E-state index contributed by atoms with van der Waals surface area (Å²) in [7, 11) is 1.70. The van der Waals surface area contributed by atoms with Gasteiger partial charge in [0.05, 0.1) is 24.1 Å². The molecule has 0 bridgehead atoms. The van der Waals surface area contributed by atoms with E-state index in [1.165, 1.54) is 22.6 Å². The minimum Gasteiger partial charge on any atom is -0.462 e. The second kappa shape index (κ2) is 7.30. The monoisotopic (exact) mass is 361 g/mol. The van der Waals surface area contributed by atoms with Gasteiger partial charge in [0.1, 0.15) is 5.56 Å². The van der Waals surface area contributed by atoms with E-state index in [1.54, 1.807) is 36.8 Å². The van der Waals surface area contributed by atoms with Crippen molar-refractivity contribution in [3.8, 4) is 0 Å². The third kappa shape index (κ3) is 3.76. The van der Waals surface area contributed by atoms with Crippen LogP contribution in [-0.4, -0.2) is 54.1 Å². The molecule has 1 N–H and O–H groups in total. The summed E-state index contributed by atoms with van der Waals surface area (Å²) in [5, 5.41) is 18.4. The van der Waals surface area contributed by atoms with Crippen molar-refractivity contribution in [3.05, 3.63) is 30.1 Å². The molecule has 3 heterocycles. The number of hydrogen-bond acceptors (Lipinski definition) is 8. The molecule has 0 fully saturated rings. The third-order valence-electron chi connectivity index (χ3n) is 3.21. The maximum Gasteiger partial charge on any atom is 0.341 e. The van der Waals surface area contributed by atoms with Crippen molar-refractivity contribution in [2.45, 2.75) is 12.1 Å². The summed E-state index contributed by atoms with van der Waals surface area (Å²) in [4.78, 5) is 24.0. The zero-order valence-electron chi connectivity index (χ0n) is 13.5. The molecule has 0 atom stereocenters. The van der Waals surface area contributed by atoms with Gasteiger partial charge in [-0.25, -0.2) is 14.0 Å². The van der Waals surface area contributed by atoms with Crippen LogP contribution in [0.5, 0.6) is 0 Å². The first-order valence-electron chi connectivity index (χ1n) is 7.38. The first kappa shape index (κ1) is 16.9. The van der Waals surface area contributed by atoms with Crippen LogP contribution >= 0.6 is 11.8 Å². The number of thioether (sulfide) groups is 1. The Balaban J connectivity index is 1.70. The fourth-order valence-corrected chi connectivity index (χ4v) is 2.75. The Morgan fingerprint density at radius 3 is 2.96 bits per heavy atom. The number of rotatable bonds is 6. The largest absolute Gasteiger partial charge is 0.462 e. The summed E-state index contributed by atoms with van der Waals surface area (Å²) in [6, 6.07) is 3.37. The van der Waals surface area contributed by atoms with Crippen molar-refractivity contribution in [1.29, 1.82) is 0 Å². The van der Waals surface area contributed by atoms with Crippen LogP contribution in [0, 0.1) is 0 Å². The molecule has 3 aromatic heterocycles. The van der Waals surface area contributed by atoms with Gasteiger partial charge in [0.2, 0.25) is 11.1 Å². The van der Waals surface area contributed by atoms with Crippen molar-refractivity contribution in [1.82, 2.24) is 29.8 Å². The molecule has 0 saturated heterocycles. The highest BCUT2D eigenvalue weighted by Gasteiger charge is 2.15. The molecule has 130 valence electrons. The molecule has 3 rings (SSSR count). The van der Waals surface area contributed by atoms with Crippen molar-refractivity contribution in [3.63, 3.8) is 0 Å². The van der Waals surface area contributed by atoms with Crippen LogP contribution in [0.25, 0.3) is 5.52 Å². The standard InChI is InChI=1S/C14H15N7O3S/c1-3-24-13(23)10-7-15-21-5-4-9(6-11(10)21)16-12(22)8-25-14-17-18-19-20(14)2/h4-7H,3,8H2,1-2H3,(H,16,22). The number of amides is 1. The summed E-state index contributed by atoms with van der Waals surface area (Å²) in [5.41, 5.74) is 1.46. The summed E-state index contributed by atoms with van der Waals surface area (Å²) < 4.78 is 8.03. The number of aromatic nitrogens is 6. The van der Waals surface area contributed by atoms with Gasteiger partial charge in [0, 0.05) is 18.9 Å². The molecule has 25 heavy (non-hydrogen) atoms. The molecule has 0 radical (unpaired) electrons. The van der Waals surface area contributed by atoms with Crippen LogP contribution in [0.1, 0.15) is 17.3 Å². The van der Waals surface area contributed by atoms with Gasteiger partial charge in [-0.15, -0.1) is 5.10 Å². The molecule has 0 aromatic carbocycles. The average Bonchev–Trinajstić information content (AvgIpc) is 3.19.